The van der Waals surface area contributed by atoms with Gasteiger partial charge in [0.25, 0.3) is 0 Å². The van der Waals surface area contributed by atoms with Crippen molar-refractivity contribution in [3.63, 3.8) is 0 Å². The molecule has 1 aromatic rings. The number of benzene rings is 1. The van der Waals surface area contributed by atoms with Crippen LogP contribution in [0, 0.1) is 0 Å². The van der Waals surface area contributed by atoms with Gasteiger partial charge in [0.2, 0.25) is 0 Å². The summed E-state index contributed by atoms with van der Waals surface area (Å²) in [6.45, 7) is 1.62. The molecule has 4 heteroatoms. The second-order valence-electron chi connectivity index (χ2n) is 3.43. The van der Waals surface area contributed by atoms with Crippen molar-refractivity contribution in [2.24, 2.45) is 5.73 Å². The van der Waals surface area contributed by atoms with Crippen LogP contribution >= 0.6 is 0 Å². The lowest BCUT2D eigenvalue weighted by atomic mass is 10.1. The summed E-state index contributed by atoms with van der Waals surface area (Å²) in [6, 6.07) is 8.93. The van der Waals surface area contributed by atoms with E-state index in [0.717, 1.165) is 0 Å². The first kappa shape index (κ1) is 12.4. The monoisotopic (exact) mass is 221 g/mol. The van der Waals surface area contributed by atoms with Gasteiger partial charge < -0.3 is 10.5 Å². The second kappa shape index (κ2) is 6.02. The largest absolute Gasteiger partial charge is 0.449 e. The Morgan fingerprint density at radius 3 is 2.44 bits per heavy atom. The summed E-state index contributed by atoms with van der Waals surface area (Å²) in [7, 11) is 0. The van der Waals surface area contributed by atoms with Gasteiger partial charge in [-0.2, -0.15) is 0 Å². The molecule has 0 spiro atoms. The smallest absolute Gasteiger partial charge is 0.308 e. The highest BCUT2D eigenvalue weighted by Crippen LogP contribution is 2.18. The van der Waals surface area contributed by atoms with Gasteiger partial charge in [-0.15, -0.1) is 0 Å². The summed E-state index contributed by atoms with van der Waals surface area (Å²) < 4.78 is 5.07. The zero-order chi connectivity index (χ0) is 12.0. The van der Waals surface area contributed by atoms with Crippen molar-refractivity contribution in [3.8, 4) is 0 Å². The predicted octanol–water partition coefficient (Wildman–Crippen LogP) is 1.21. The van der Waals surface area contributed by atoms with Crippen molar-refractivity contribution in [1.82, 2.24) is 0 Å². The first-order valence-electron chi connectivity index (χ1n) is 5.10. The van der Waals surface area contributed by atoms with Gasteiger partial charge in [-0.3, -0.25) is 9.59 Å². The van der Waals surface area contributed by atoms with Gasteiger partial charge in [-0.25, -0.2) is 0 Å². The fourth-order valence-corrected chi connectivity index (χ4v) is 1.32. The zero-order valence-corrected chi connectivity index (χ0v) is 9.18. The van der Waals surface area contributed by atoms with Crippen molar-refractivity contribution < 1.29 is 14.3 Å². The molecule has 86 valence electrons. The third-order valence-corrected chi connectivity index (χ3v) is 2.07. The van der Waals surface area contributed by atoms with Gasteiger partial charge in [0, 0.05) is 6.54 Å². The van der Waals surface area contributed by atoms with Crippen molar-refractivity contribution in [2.75, 3.05) is 6.54 Å². The van der Waals surface area contributed by atoms with Crippen LogP contribution in [0.15, 0.2) is 30.3 Å². The molecule has 0 saturated heterocycles. The summed E-state index contributed by atoms with van der Waals surface area (Å²) in [5.74, 6) is -0.650. The highest BCUT2D eigenvalue weighted by atomic mass is 16.5. The van der Waals surface area contributed by atoms with E-state index in [1.807, 2.05) is 6.07 Å². The number of ketones is 1. The SMILES string of the molecule is CC(=O)[C@@H](OC(=O)CCN)c1ccccc1. The minimum absolute atomic E-state index is 0.122. The summed E-state index contributed by atoms with van der Waals surface area (Å²) >= 11 is 0. The third-order valence-electron chi connectivity index (χ3n) is 2.07. The number of ether oxygens (including phenoxy) is 1. The van der Waals surface area contributed by atoms with Crippen molar-refractivity contribution in [2.45, 2.75) is 19.4 Å². The lowest BCUT2D eigenvalue weighted by Crippen LogP contribution is -2.19. The molecule has 2 N–H and O–H groups in total. The van der Waals surface area contributed by atoms with Crippen molar-refractivity contribution in [1.29, 1.82) is 0 Å². The van der Waals surface area contributed by atoms with E-state index in [9.17, 15) is 9.59 Å². The average molecular weight is 221 g/mol. The molecular formula is C12H15NO3. The quantitative estimate of drug-likeness (QED) is 0.759. The molecule has 0 aliphatic carbocycles. The Morgan fingerprint density at radius 2 is 1.94 bits per heavy atom. The third kappa shape index (κ3) is 3.47. The van der Waals surface area contributed by atoms with Gasteiger partial charge in [-0.05, 0) is 12.5 Å². The number of esters is 1. The first-order chi connectivity index (χ1) is 7.65. The van der Waals surface area contributed by atoms with E-state index in [4.69, 9.17) is 10.5 Å². The minimum Gasteiger partial charge on any atom is -0.449 e. The van der Waals surface area contributed by atoms with Crippen LogP contribution in [0.2, 0.25) is 0 Å². The Labute approximate surface area is 94.4 Å². The Kier molecular flexibility index (Phi) is 4.66. The first-order valence-corrected chi connectivity index (χ1v) is 5.10. The topological polar surface area (TPSA) is 69.4 Å². The van der Waals surface area contributed by atoms with E-state index in [0.29, 0.717) is 5.56 Å². The molecule has 0 unspecified atom stereocenters. The molecule has 1 aromatic carbocycles. The summed E-state index contributed by atoms with van der Waals surface area (Å²) in [6.07, 6.45) is -0.698. The van der Waals surface area contributed by atoms with E-state index >= 15 is 0 Å². The summed E-state index contributed by atoms with van der Waals surface area (Å²) in [4.78, 5) is 22.7. The molecule has 0 radical (unpaired) electrons. The molecule has 0 amide bonds. The Balaban J connectivity index is 2.77. The second-order valence-corrected chi connectivity index (χ2v) is 3.43. The Bertz CT molecular complexity index is 362. The van der Waals surface area contributed by atoms with Gasteiger partial charge in [0.05, 0.1) is 6.42 Å². The molecule has 0 saturated carbocycles. The number of nitrogens with two attached hydrogens (primary N) is 1. The Morgan fingerprint density at radius 1 is 1.31 bits per heavy atom. The molecule has 4 nitrogen and oxygen atoms in total. The maximum Gasteiger partial charge on any atom is 0.308 e. The van der Waals surface area contributed by atoms with Gasteiger partial charge in [-0.1, -0.05) is 30.3 Å². The maximum absolute atomic E-state index is 11.4. The van der Waals surface area contributed by atoms with E-state index in [-0.39, 0.29) is 18.7 Å². The van der Waals surface area contributed by atoms with Crippen LogP contribution in [0.1, 0.15) is 25.0 Å². The van der Waals surface area contributed by atoms with Crippen LogP contribution in [0.3, 0.4) is 0 Å². The van der Waals surface area contributed by atoms with Crippen LogP contribution in [0.5, 0.6) is 0 Å². The number of Topliss-reactive ketones (excluding diaryl/α,β-unsaturated/α-hetero) is 1. The van der Waals surface area contributed by atoms with E-state index < -0.39 is 12.1 Å². The molecule has 0 heterocycles. The summed E-state index contributed by atoms with van der Waals surface area (Å²) in [5.41, 5.74) is 5.92. The van der Waals surface area contributed by atoms with Crippen LogP contribution in [-0.4, -0.2) is 18.3 Å². The van der Waals surface area contributed by atoms with Crippen LogP contribution in [0.25, 0.3) is 0 Å². The molecule has 0 aromatic heterocycles. The highest BCUT2D eigenvalue weighted by molar-refractivity contribution is 5.84. The van der Waals surface area contributed by atoms with Gasteiger partial charge in [0.1, 0.15) is 0 Å². The van der Waals surface area contributed by atoms with Gasteiger partial charge in [0.15, 0.2) is 11.9 Å². The molecular weight excluding hydrogens is 206 g/mol. The zero-order valence-electron chi connectivity index (χ0n) is 9.18. The van der Waals surface area contributed by atoms with Crippen molar-refractivity contribution in [3.05, 3.63) is 35.9 Å². The number of rotatable bonds is 5. The average Bonchev–Trinajstić information content (AvgIpc) is 2.27. The number of hydrogen-bond donors (Lipinski definition) is 1. The summed E-state index contributed by atoms with van der Waals surface area (Å²) in [5, 5.41) is 0. The minimum atomic E-state index is -0.819. The molecule has 1 rings (SSSR count). The van der Waals surface area contributed by atoms with Crippen molar-refractivity contribution >= 4 is 11.8 Å². The van der Waals surface area contributed by atoms with Gasteiger partial charge >= 0.3 is 5.97 Å². The standard InChI is InChI=1S/C12H15NO3/c1-9(14)12(16-11(15)7-8-13)10-5-3-2-4-6-10/h2-6,12H,7-8,13H2,1H3/t12-/m1/s1. The fourth-order valence-electron chi connectivity index (χ4n) is 1.32. The lowest BCUT2D eigenvalue weighted by Gasteiger charge is -2.15. The van der Waals surface area contributed by atoms with E-state index in [1.54, 1.807) is 24.3 Å². The number of carbonyl (C=O) groups excluding carboxylic acids is 2. The van der Waals surface area contributed by atoms with E-state index in [2.05, 4.69) is 0 Å². The highest BCUT2D eigenvalue weighted by Gasteiger charge is 2.20. The normalized spacial score (nSPS) is 11.9. The fraction of sp³-hybridized carbons (Fsp3) is 0.333. The predicted molar refractivity (Wildman–Crippen MR) is 59.6 cm³/mol. The molecule has 0 bridgehead atoms. The van der Waals surface area contributed by atoms with E-state index in [1.165, 1.54) is 6.92 Å². The number of carbonyl (C=O) groups is 2. The molecule has 0 aliphatic heterocycles. The number of hydrogen-bond acceptors (Lipinski definition) is 4. The van der Waals surface area contributed by atoms with Crippen LogP contribution in [-0.2, 0) is 14.3 Å². The maximum atomic E-state index is 11.4. The van der Waals surface area contributed by atoms with Crippen LogP contribution < -0.4 is 5.73 Å². The molecule has 16 heavy (non-hydrogen) atoms. The molecule has 0 fully saturated rings. The van der Waals surface area contributed by atoms with Crippen LogP contribution in [0.4, 0.5) is 0 Å². The molecule has 0 aliphatic rings. The Hall–Kier alpha value is -1.68. The molecule has 1 atom stereocenters. The lowest BCUT2D eigenvalue weighted by molar-refractivity contribution is -0.154.